The van der Waals surface area contributed by atoms with Gasteiger partial charge in [0.2, 0.25) is 5.95 Å². The molecule has 0 spiro atoms. The minimum atomic E-state index is -1.11. The van der Waals surface area contributed by atoms with E-state index in [0.29, 0.717) is 11.8 Å². The molecule has 0 saturated heterocycles. The average molecular weight is 463 g/mol. The Morgan fingerprint density at radius 2 is 1.43 bits per heavy atom. The van der Waals surface area contributed by atoms with E-state index in [2.05, 4.69) is 102 Å². The molecule has 176 valence electrons. The van der Waals surface area contributed by atoms with Crippen molar-refractivity contribution in [3.05, 3.63) is 11.8 Å². The molecule has 1 aromatic heterocycles. The van der Waals surface area contributed by atoms with Gasteiger partial charge in [0.25, 0.3) is 5.91 Å². The molecule has 1 aromatic rings. The molecule has 1 fully saturated rings. The lowest BCUT2D eigenvalue weighted by atomic mass is 8.99. The van der Waals surface area contributed by atoms with Crippen molar-refractivity contribution in [2.24, 2.45) is 5.73 Å². The number of aliphatic hydroxyl groups is 1. The topological polar surface area (TPSA) is 113 Å². The van der Waals surface area contributed by atoms with Crippen molar-refractivity contribution in [3.63, 3.8) is 0 Å². The summed E-state index contributed by atoms with van der Waals surface area (Å²) in [5.74, 6) is 0.176. The lowest BCUT2D eigenvalue weighted by Gasteiger charge is -2.81. The van der Waals surface area contributed by atoms with Gasteiger partial charge in [0.05, 0.1) is 60.5 Å². The van der Waals surface area contributed by atoms with Crippen LogP contribution in [0.15, 0.2) is 6.20 Å². The largest absolute Gasteiger partial charge is 0.400 e. The third-order valence-electron chi connectivity index (χ3n) is 10.9. The maximum absolute atomic E-state index is 12.5. The molecule has 0 aromatic carbocycles. The quantitative estimate of drug-likeness (QED) is 0.323. The van der Waals surface area contributed by atoms with Crippen molar-refractivity contribution in [1.29, 1.82) is 0 Å². The van der Waals surface area contributed by atoms with Crippen LogP contribution >= 0.6 is 0 Å². The lowest BCUT2D eigenvalue weighted by Crippen LogP contribution is -2.81. The fraction of sp³-hybridized carbons (Fsp3) is 0.688. The van der Waals surface area contributed by atoms with Crippen molar-refractivity contribution in [2.75, 3.05) is 10.6 Å². The van der Waals surface area contributed by atoms with Gasteiger partial charge >= 0.3 is 0 Å². The van der Waals surface area contributed by atoms with Gasteiger partial charge < -0.3 is 21.5 Å². The third-order valence-corrected chi connectivity index (χ3v) is 10.9. The summed E-state index contributed by atoms with van der Waals surface area (Å²) in [6.07, 6.45) is 1.47. The monoisotopic (exact) mass is 465 g/mol. The number of rotatable bonds is 5. The molecule has 2 rings (SSSR count). The van der Waals surface area contributed by atoms with Gasteiger partial charge in [-0.05, 0) is 26.2 Å². The fourth-order valence-corrected chi connectivity index (χ4v) is 7.02. The minimum absolute atomic E-state index is 0.201. The number of primary amides is 1. The number of hydrogen-bond donors (Lipinski definition) is 4. The van der Waals surface area contributed by atoms with Crippen molar-refractivity contribution in [3.8, 4) is 0 Å². The van der Waals surface area contributed by atoms with Gasteiger partial charge in [0.15, 0.2) is 0 Å². The zero-order valence-corrected chi connectivity index (χ0v) is 24.9. The van der Waals surface area contributed by atoms with E-state index in [1.165, 1.54) is 6.20 Å². The van der Waals surface area contributed by atoms with Crippen LogP contribution in [0.1, 0.15) is 31.1 Å². The second kappa shape index (κ2) is 8.19. The number of nitrogens with one attached hydrogen (secondary N) is 2. The van der Waals surface area contributed by atoms with Crippen LogP contribution in [0.3, 0.4) is 0 Å². The van der Waals surface area contributed by atoms with Crippen LogP contribution in [-0.4, -0.2) is 132 Å². The van der Waals surface area contributed by atoms with E-state index in [0.717, 1.165) is 0 Å². The van der Waals surface area contributed by atoms with E-state index < -0.39 is 27.4 Å². The number of anilines is 2. The van der Waals surface area contributed by atoms with E-state index >= 15 is 0 Å². The Kier molecular flexibility index (Phi) is 7.05. The van der Waals surface area contributed by atoms with Crippen LogP contribution < -0.4 is 16.4 Å². The summed E-state index contributed by atoms with van der Waals surface area (Å²) in [4.78, 5) is 21.5. The maximum Gasteiger partial charge on any atom is 0.254 e. The summed E-state index contributed by atoms with van der Waals surface area (Å²) in [6, 6.07) is 0. The molecule has 0 radical (unpaired) electrons. The van der Waals surface area contributed by atoms with Crippen LogP contribution in [0.2, 0.25) is 26.1 Å². The van der Waals surface area contributed by atoms with E-state index in [1.807, 2.05) is 28.6 Å². The zero-order chi connectivity index (χ0) is 27.8. The van der Waals surface area contributed by atoms with Gasteiger partial charge in [-0.3, -0.25) is 4.79 Å². The summed E-state index contributed by atoms with van der Waals surface area (Å²) < 4.78 is 0. The van der Waals surface area contributed by atoms with Gasteiger partial charge in [0, 0.05) is 17.2 Å². The highest BCUT2D eigenvalue weighted by Gasteiger charge is 2.76. The molecule has 7 nitrogen and oxygen atoms in total. The number of carbonyl (C=O) groups excluding carboxylic acids is 1. The fourth-order valence-electron chi connectivity index (χ4n) is 7.02. The molecule has 1 saturated carbocycles. The number of nitrogens with zero attached hydrogens (tertiary/aromatic N) is 2. The molecule has 19 heteroatoms. The Hall–Kier alpha value is -1.11. The Labute approximate surface area is 222 Å². The van der Waals surface area contributed by atoms with Gasteiger partial charge in [-0.1, -0.05) is 21.0 Å². The van der Waals surface area contributed by atoms with Crippen molar-refractivity contribution in [2.45, 2.75) is 63.3 Å². The molecule has 0 bridgehead atoms. The van der Waals surface area contributed by atoms with Crippen LogP contribution in [0, 0.1) is 0 Å². The first kappa shape index (κ1) is 30.1. The smallest absolute Gasteiger partial charge is 0.254 e. The molecule has 5 N–H and O–H groups in total. The second-order valence-corrected chi connectivity index (χ2v) is 14.8. The standard InChI is InChI=1S/C16H39B12N5O2/c1-9(2,3)33-8-30-4-5(6(29)34)7(31-8)32-14(24)12(20,21)11(18,19)10(17,16(26,27)28)15(25,35)13(14,22)23/h4,35H,17-28H2,1-3H3,(H2,29,34)(H2,30,31,32,33). The van der Waals surface area contributed by atoms with Gasteiger partial charge in [-0.25, -0.2) is 4.98 Å². The van der Waals surface area contributed by atoms with Crippen LogP contribution in [0.5, 0.6) is 0 Å². The Bertz CT molecular complexity index is 993. The van der Waals surface area contributed by atoms with Crippen LogP contribution in [0.4, 0.5) is 11.8 Å². The number of amides is 1. The van der Waals surface area contributed by atoms with Crippen molar-refractivity contribution in [1.82, 2.24) is 9.97 Å². The minimum Gasteiger partial charge on any atom is -0.400 e. The molecule has 1 heterocycles. The second-order valence-electron chi connectivity index (χ2n) is 14.8. The van der Waals surface area contributed by atoms with Gasteiger partial charge in [-0.2, -0.15) is 4.98 Å². The first-order valence-electron chi connectivity index (χ1n) is 12.7. The highest BCUT2D eigenvalue weighted by molar-refractivity contribution is 6.70. The summed E-state index contributed by atoms with van der Waals surface area (Å²) in [5, 5.41) is 17.4. The molecule has 0 aliphatic heterocycles. The zero-order valence-electron chi connectivity index (χ0n) is 24.9. The predicted molar refractivity (Wildman–Crippen MR) is 181 cm³/mol. The predicted octanol–water partition coefficient (Wildman–Crippen LogP) is -10.2. The van der Waals surface area contributed by atoms with Gasteiger partial charge in [-0.15, -0.1) is 5.11 Å². The number of nitrogens with two attached hydrogens (primary N) is 1. The normalized spacial score (nSPS) is 31.8. The van der Waals surface area contributed by atoms with Crippen LogP contribution in [-0.2, 0) is 0 Å². The van der Waals surface area contributed by atoms with Gasteiger partial charge in [0.1, 0.15) is 45.0 Å². The highest BCUT2D eigenvalue weighted by atomic mass is 16.3. The number of carbonyl (C=O) groups is 1. The molecule has 1 amide bonds. The maximum atomic E-state index is 12.5. The number of aromatic nitrogens is 2. The molecule has 1 aliphatic rings. The lowest BCUT2D eigenvalue weighted by molar-refractivity contribution is 0.000674. The molecule has 3 atom stereocenters. The summed E-state index contributed by atoms with van der Waals surface area (Å²) in [5.41, 5.74) is 3.89. The van der Waals surface area contributed by atoms with E-state index in [-0.39, 0.29) is 26.6 Å². The first-order chi connectivity index (χ1) is 15.2. The van der Waals surface area contributed by atoms with Crippen molar-refractivity contribution < 1.29 is 9.90 Å². The summed E-state index contributed by atoms with van der Waals surface area (Å²) in [7, 11) is 26.2. The Morgan fingerprint density at radius 3 is 1.83 bits per heavy atom. The highest BCUT2D eigenvalue weighted by Crippen LogP contribution is 2.81. The molecular weight excluding hydrogens is 424 g/mol. The number of hydrogen-bond acceptors (Lipinski definition) is 6. The van der Waals surface area contributed by atoms with E-state index in [1.54, 1.807) is 0 Å². The molecule has 35 heavy (non-hydrogen) atoms. The average Bonchev–Trinajstić information content (AvgIpc) is 2.63. The van der Waals surface area contributed by atoms with E-state index in [4.69, 9.17) is 10.7 Å². The SMILES string of the molecule is BC(B)(B)C1(B)C(B)(B)C(B)(B)C(B)(Nc2nc(NC(C)(C)C)ncc2C(N)=O)C(B)(B)C1(B)O. The summed E-state index contributed by atoms with van der Waals surface area (Å²) >= 11 is 0. The first-order valence-corrected chi connectivity index (χ1v) is 12.7. The summed E-state index contributed by atoms with van der Waals surface area (Å²) in [6.45, 7) is 6.06. The third kappa shape index (κ3) is 3.97. The molecular formula is C16H39B12N5O2. The molecule has 1 aliphatic carbocycles. The Morgan fingerprint density at radius 1 is 0.943 bits per heavy atom. The van der Waals surface area contributed by atoms with Crippen LogP contribution in [0.25, 0.3) is 0 Å². The Balaban J connectivity index is 2.87. The van der Waals surface area contributed by atoms with Crippen molar-refractivity contribution >= 4 is 112 Å². The van der Waals surface area contributed by atoms with E-state index in [9.17, 15) is 9.90 Å². The molecule has 3 unspecified atom stereocenters.